The van der Waals surface area contributed by atoms with Crippen molar-refractivity contribution in [1.29, 1.82) is 0 Å². The number of hydrogen-bond donors (Lipinski definition) is 0. The monoisotopic (exact) mass is 278 g/mol. The fourth-order valence-corrected chi connectivity index (χ4v) is 2.55. The van der Waals surface area contributed by atoms with E-state index in [0.29, 0.717) is 12.2 Å². The highest BCUT2D eigenvalue weighted by molar-refractivity contribution is 7.09. The van der Waals surface area contributed by atoms with Gasteiger partial charge in [0.15, 0.2) is 5.78 Å². The molecule has 100 valence electrons. The van der Waals surface area contributed by atoms with Gasteiger partial charge in [0.1, 0.15) is 5.82 Å². The first kappa shape index (κ1) is 13.7. The topological polar surface area (TPSA) is 33.2 Å². The lowest BCUT2D eigenvalue weighted by Crippen LogP contribution is -2.23. The summed E-state index contributed by atoms with van der Waals surface area (Å²) in [5.74, 6) is -0.722. The maximum absolute atomic E-state index is 13.7. The highest BCUT2D eigenvalue weighted by Crippen LogP contribution is 2.23. The van der Waals surface area contributed by atoms with Crippen molar-refractivity contribution >= 4 is 22.8 Å². The molecule has 0 saturated heterocycles. The van der Waals surface area contributed by atoms with Crippen LogP contribution in [0.15, 0.2) is 29.8 Å². The SMILES string of the molecule is CC(=O)c1c(F)cccc1N(C)CCc1nccs1. The van der Waals surface area contributed by atoms with Gasteiger partial charge < -0.3 is 4.90 Å². The summed E-state index contributed by atoms with van der Waals surface area (Å²) < 4.78 is 13.7. The number of anilines is 1. The number of carbonyl (C=O) groups is 1. The van der Waals surface area contributed by atoms with Crippen LogP contribution in [0.25, 0.3) is 0 Å². The van der Waals surface area contributed by atoms with Crippen molar-refractivity contribution in [3.05, 3.63) is 46.2 Å². The number of halogens is 1. The lowest BCUT2D eigenvalue weighted by Gasteiger charge is -2.21. The molecule has 1 aromatic heterocycles. The second-order valence-electron chi connectivity index (χ2n) is 4.29. The molecule has 0 unspecified atom stereocenters. The number of benzene rings is 1. The zero-order chi connectivity index (χ0) is 13.8. The van der Waals surface area contributed by atoms with Crippen LogP contribution >= 0.6 is 11.3 Å². The van der Waals surface area contributed by atoms with E-state index in [9.17, 15) is 9.18 Å². The maximum atomic E-state index is 13.7. The van der Waals surface area contributed by atoms with E-state index < -0.39 is 5.82 Å². The molecule has 0 spiro atoms. The van der Waals surface area contributed by atoms with E-state index >= 15 is 0 Å². The smallest absolute Gasteiger partial charge is 0.164 e. The summed E-state index contributed by atoms with van der Waals surface area (Å²) in [6, 6.07) is 4.70. The first-order chi connectivity index (χ1) is 9.09. The molecule has 0 fully saturated rings. The van der Waals surface area contributed by atoms with E-state index in [1.54, 1.807) is 29.7 Å². The number of hydrogen-bond acceptors (Lipinski definition) is 4. The molecule has 0 aliphatic heterocycles. The van der Waals surface area contributed by atoms with Crippen LogP contribution in [-0.2, 0) is 6.42 Å². The summed E-state index contributed by atoms with van der Waals surface area (Å²) in [6.07, 6.45) is 2.55. The van der Waals surface area contributed by atoms with E-state index in [4.69, 9.17) is 0 Å². The van der Waals surface area contributed by atoms with Crippen LogP contribution in [0.2, 0.25) is 0 Å². The van der Waals surface area contributed by atoms with E-state index in [1.807, 2.05) is 17.3 Å². The molecule has 0 radical (unpaired) electrons. The molecular formula is C14H15FN2OS. The standard InChI is InChI=1S/C14H15FN2OS/c1-10(18)14-11(15)4-3-5-12(14)17(2)8-6-13-16-7-9-19-13/h3-5,7,9H,6,8H2,1-2H3. The first-order valence-corrected chi connectivity index (χ1v) is 6.86. The highest BCUT2D eigenvalue weighted by Gasteiger charge is 2.15. The van der Waals surface area contributed by atoms with E-state index in [1.165, 1.54) is 13.0 Å². The minimum absolute atomic E-state index is 0.157. The molecule has 0 atom stereocenters. The Morgan fingerprint density at radius 3 is 2.89 bits per heavy atom. The molecule has 3 nitrogen and oxygen atoms in total. The van der Waals surface area contributed by atoms with Crippen LogP contribution in [-0.4, -0.2) is 24.4 Å². The largest absolute Gasteiger partial charge is 0.374 e. The quantitative estimate of drug-likeness (QED) is 0.788. The van der Waals surface area contributed by atoms with Crippen LogP contribution in [0.4, 0.5) is 10.1 Å². The molecule has 2 aromatic rings. The van der Waals surface area contributed by atoms with E-state index in [-0.39, 0.29) is 11.3 Å². The van der Waals surface area contributed by atoms with Gasteiger partial charge in [0.05, 0.1) is 16.3 Å². The number of nitrogens with zero attached hydrogens (tertiary/aromatic N) is 2. The Hall–Kier alpha value is -1.75. The van der Waals surface area contributed by atoms with Crippen molar-refractivity contribution in [3.63, 3.8) is 0 Å². The summed E-state index contributed by atoms with van der Waals surface area (Å²) in [6.45, 7) is 2.08. The Morgan fingerprint density at radius 1 is 1.47 bits per heavy atom. The lowest BCUT2D eigenvalue weighted by atomic mass is 10.1. The second kappa shape index (κ2) is 5.93. The normalized spacial score (nSPS) is 10.5. The summed E-state index contributed by atoms with van der Waals surface area (Å²) in [5, 5.41) is 2.96. The molecule has 0 bridgehead atoms. The second-order valence-corrected chi connectivity index (χ2v) is 5.27. The highest BCUT2D eigenvalue weighted by atomic mass is 32.1. The third-order valence-electron chi connectivity index (χ3n) is 2.90. The van der Waals surface area contributed by atoms with Crippen LogP contribution in [0, 0.1) is 5.82 Å². The van der Waals surface area contributed by atoms with Gasteiger partial charge in [-0.2, -0.15) is 0 Å². The lowest BCUT2D eigenvalue weighted by molar-refractivity contribution is 0.101. The minimum Gasteiger partial charge on any atom is -0.374 e. The van der Waals surface area contributed by atoms with Gasteiger partial charge in [0, 0.05) is 31.6 Å². The predicted molar refractivity (Wildman–Crippen MR) is 75.5 cm³/mol. The third-order valence-corrected chi connectivity index (χ3v) is 3.74. The van der Waals surface area contributed by atoms with Crippen LogP contribution < -0.4 is 4.90 Å². The van der Waals surface area contributed by atoms with Gasteiger partial charge >= 0.3 is 0 Å². The van der Waals surface area contributed by atoms with E-state index in [2.05, 4.69) is 4.98 Å². The number of Topliss-reactive ketones (excluding diaryl/α,β-unsaturated/α-hetero) is 1. The fraction of sp³-hybridized carbons (Fsp3) is 0.286. The molecule has 0 amide bonds. The molecule has 0 aliphatic carbocycles. The fourth-order valence-electron chi connectivity index (χ4n) is 1.94. The molecule has 0 saturated carbocycles. The Morgan fingerprint density at radius 2 is 2.26 bits per heavy atom. The molecular weight excluding hydrogens is 263 g/mol. The van der Waals surface area contributed by atoms with Crippen molar-refractivity contribution in [2.24, 2.45) is 0 Å². The first-order valence-electron chi connectivity index (χ1n) is 5.98. The third kappa shape index (κ3) is 3.17. The number of aromatic nitrogens is 1. The number of thiazole rings is 1. The van der Waals surface area contributed by atoms with Crippen molar-refractivity contribution in [1.82, 2.24) is 4.98 Å². The molecule has 0 N–H and O–H groups in total. The summed E-state index contributed by atoms with van der Waals surface area (Å²) in [7, 11) is 1.86. The zero-order valence-corrected chi connectivity index (χ0v) is 11.7. The Kier molecular flexibility index (Phi) is 4.27. The number of rotatable bonds is 5. The van der Waals surface area contributed by atoms with Gasteiger partial charge in [-0.15, -0.1) is 11.3 Å². The molecule has 1 aromatic carbocycles. The number of ketones is 1. The van der Waals surface area contributed by atoms with Crippen molar-refractivity contribution < 1.29 is 9.18 Å². The average molecular weight is 278 g/mol. The Bertz CT molecular complexity index is 569. The van der Waals surface area contributed by atoms with Crippen LogP contribution in [0.3, 0.4) is 0 Å². The van der Waals surface area contributed by atoms with Gasteiger partial charge in [-0.3, -0.25) is 4.79 Å². The molecule has 5 heteroatoms. The summed E-state index contributed by atoms with van der Waals surface area (Å²) in [4.78, 5) is 17.6. The van der Waals surface area contributed by atoms with Gasteiger partial charge in [-0.05, 0) is 19.1 Å². The maximum Gasteiger partial charge on any atom is 0.164 e. The minimum atomic E-state index is -0.467. The molecule has 0 aliphatic rings. The molecule has 2 rings (SSSR count). The number of carbonyl (C=O) groups excluding carboxylic acids is 1. The van der Waals surface area contributed by atoms with Crippen LogP contribution in [0.5, 0.6) is 0 Å². The van der Waals surface area contributed by atoms with Crippen molar-refractivity contribution in [3.8, 4) is 0 Å². The molecule has 1 heterocycles. The average Bonchev–Trinajstić information content (AvgIpc) is 2.88. The summed E-state index contributed by atoms with van der Waals surface area (Å²) >= 11 is 1.59. The predicted octanol–water partition coefficient (Wildman–Crippen LogP) is 3.16. The van der Waals surface area contributed by atoms with Gasteiger partial charge in [-0.1, -0.05) is 6.07 Å². The number of likely N-dealkylation sites (N-methyl/N-ethyl adjacent to an activating group) is 1. The van der Waals surface area contributed by atoms with Crippen LogP contribution in [0.1, 0.15) is 22.3 Å². The van der Waals surface area contributed by atoms with Crippen molar-refractivity contribution in [2.75, 3.05) is 18.5 Å². The Labute approximate surface area is 115 Å². The van der Waals surface area contributed by atoms with Gasteiger partial charge in [0.25, 0.3) is 0 Å². The van der Waals surface area contributed by atoms with Gasteiger partial charge in [0.2, 0.25) is 0 Å². The van der Waals surface area contributed by atoms with E-state index in [0.717, 1.165) is 11.4 Å². The summed E-state index contributed by atoms with van der Waals surface area (Å²) in [5.41, 5.74) is 0.785. The molecule has 19 heavy (non-hydrogen) atoms. The Balaban J connectivity index is 2.16. The zero-order valence-electron chi connectivity index (χ0n) is 10.9. The van der Waals surface area contributed by atoms with Gasteiger partial charge in [-0.25, -0.2) is 9.37 Å². The van der Waals surface area contributed by atoms with Crippen molar-refractivity contribution in [2.45, 2.75) is 13.3 Å².